The third-order valence-electron chi connectivity index (χ3n) is 1.61. The fraction of sp³-hybridized carbons (Fsp3) is 0.778. The van der Waals surface area contributed by atoms with Gasteiger partial charge < -0.3 is 14.9 Å². The molecule has 1 atom stereocenters. The van der Waals surface area contributed by atoms with E-state index in [-0.39, 0.29) is 0 Å². The molecule has 6 nitrogen and oxygen atoms in total. The number of aliphatic carboxylic acids is 1. The second-order valence-corrected chi connectivity index (χ2v) is 4.13. The Morgan fingerprint density at radius 3 is 2.13 bits per heavy atom. The Morgan fingerprint density at radius 2 is 1.87 bits per heavy atom. The van der Waals surface area contributed by atoms with E-state index in [9.17, 15) is 9.59 Å². The number of carboxylic acid groups (broad SMARTS) is 1. The molecule has 0 spiro atoms. The molecule has 0 saturated heterocycles. The van der Waals surface area contributed by atoms with Gasteiger partial charge in [-0.2, -0.15) is 0 Å². The van der Waals surface area contributed by atoms with Gasteiger partial charge in [0.15, 0.2) is 6.04 Å². The summed E-state index contributed by atoms with van der Waals surface area (Å²) in [5.74, 6) is -1.27. The first-order valence-electron chi connectivity index (χ1n) is 4.48. The lowest BCUT2D eigenvalue weighted by atomic mass is 10.2. The second-order valence-electron chi connectivity index (χ2n) is 4.13. The molecule has 0 unspecified atom stereocenters. The number of hydrogen-bond acceptors (Lipinski definition) is 4. The van der Waals surface area contributed by atoms with E-state index in [1.165, 1.54) is 7.05 Å². The van der Waals surface area contributed by atoms with Crippen molar-refractivity contribution >= 4 is 12.1 Å². The number of amides is 1. The molecule has 0 heterocycles. The summed E-state index contributed by atoms with van der Waals surface area (Å²) in [6.45, 7) is 4.37. The highest BCUT2D eigenvalue weighted by atomic mass is 16.6. The van der Waals surface area contributed by atoms with Crippen molar-refractivity contribution in [3.63, 3.8) is 0 Å². The van der Waals surface area contributed by atoms with Crippen LogP contribution in [-0.4, -0.2) is 52.5 Å². The largest absolute Gasteiger partial charge is 0.480 e. The van der Waals surface area contributed by atoms with Gasteiger partial charge in [-0.05, 0) is 20.8 Å². The average Bonchev–Trinajstić information content (AvgIpc) is 2.01. The normalized spacial score (nSPS) is 13.1. The molecule has 0 rings (SSSR count). The van der Waals surface area contributed by atoms with Crippen molar-refractivity contribution < 1.29 is 24.5 Å². The summed E-state index contributed by atoms with van der Waals surface area (Å²) in [5, 5.41) is 17.5. The average molecular weight is 219 g/mol. The minimum atomic E-state index is -1.28. The van der Waals surface area contributed by atoms with Gasteiger partial charge in [-0.25, -0.2) is 9.59 Å². The van der Waals surface area contributed by atoms with Gasteiger partial charge >= 0.3 is 12.1 Å². The Balaban J connectivity index is 4.49. The molecule has 15 heavy (non-hydrogen) atoms. The maximum atomic E-state index is 11.4. The molecule has 88 valence electrons. The quantitative estimate of drug-likeness (QED) is 0.712. The predicted molar refractivity (Wildman–Crippen MR) is 52.5 cm³/mol. The molecular formula is C9H17NO5. The van der Waals surface area contributed by atoms with Crippen molar-refractivity contribution in [2.45, 2.75) is 32.4 Å². The zero-order chi connectivity index (χ0) is 12.2. The zero-order valence-electron chi connectivity index (χ0n) is 9.35. The number of carboxylic acids is 1. The standard InChI is InChI=1S/C9H17NO5/c1-9(2,3)15-8(14)10(4)6(5-11)7(12)13/h6,11H,5H2,1-4H3,(H,12,13)/t6-/m1/s1. The van der Waals surface area contributed by atoms with Gasteiger partial charge in [0.2, 0.25) is 0 Å². The van der Waals surface area contributed by atoms with Crippen LogP contribution in [0.1, 0.15) is 20.8 Å². The number of likely N-dealkylation sites (N-methyl/N-ethyl adjacent to an activating group) is 1. The molecular weight excluding hydrogens is 202 g/mol. The van der Waals surface area contributed by atoms with Crippen molar-refractivity contribution in [3.8, 4) is 0 Å². The van der Waals surface area contributed by atoms with Crippen LogP contribution in [0.3, 0.4) is 0 Å². The number of nitrogens with zero attached hydrogens (tertiary/aromatic N) is 1. The highest BCUT2D eigenvalue weighted by molar-refractivity contribution is 5.80. The first-order valence-corrected chi connectivity index (χ1v) is 4.48. The summed E-state index contributed by atoms with van der Waals surface area (Å²) >= 11 is 0. The van der Waals surface area contributed by atoms with Crippen molar-refractivity contribution in [1.29, 1.82) is 0 Å². The predicted octanol–water partition coefficient (Wildman–Crippen LogP) is 0.299. The summed E-state index contributed by atoms with van der Waals surface area (Å²) in [4.78, 5) is 22.9. The van der Waals surface area contributed by atoms with Crippen molar-refractivity contribution in [2.75, 3.05) is 13.7 Å². The molecule has 0 aliphatic heterocycles. The van der Waals surface area contributed by atoms with Crippen LogP contribution in [-0.2, 0) is 9.53 Å². The Labute approximate surface area is 88.4 Å². The molecule has 0 aliphatic rings. The van der Waals surface area contributed by atoms with E-state index < -0.39 is 30.3 Å². The molecule has 2 N–H and O–H groups in total. The lowest BCUT2D eigenvalue weighted by molar-refractivity contribution is -0.144. The number of carbonyl (C=O) groups is 2. The van der Waals surface area contributed by atoms with Gasteiger partial charge in [0.05, 0.1) is 6.61 Å². The van der Waals surface area contributed by atoms with Crippen LogP contribution in [0.25, 0.3) is 0 Å². The molecule has 0 aliphatic carbocycles. The third kappa shape index (κ3) is 4.64. The number of hydrogen-bond donors (Lipinski definition) is 2. The number of carbonyl (C=O) groups excluding carboxylic acids is 1. The minimum Gasteiger partial charge on any atom is -0.480 e. The molecule has 0 saturated carbocycles. The lowest BCUT2D eigenvalue weighted by Gasteiger charge is -2.27. The summed E-state index contributed by atoms with van der Waals surface area (Å²) in [5.41, 5.74) is -0.691. The van der Waals surface area contributed by atoms with Crippen molar-refractivity contribution in [2.24, 2.45) is 0 Å². The van der Waals surface area contributed by atoms with E-state index >= 15 is 0 Å². The van der Waals surface area contributed by atoms with Gasteiger partial charge in [-0.1, -0.05) is 0 Å². The van der Waals surface area contributed by atoms with Crippen LogP contribution in [0.5, 0.6) is 0 Å². The molecule has 0 radical (unpaired) electrons. The van der Waals surface area contributed by atoms with Crippen LogP contribution >= 0.6 is 0 Å². The van der Waals surface area contributed by atoms with Gasteiger partial charge in [-0.3, -0.25) is 4.90 Å². The number of aliphatic hydroxyl groups excluding tert-OH is 1. The Kier molecular flexibility index (Phi) is 4.54. The Bertz CT molecular complexity index is 245. The number of ether oxygens (including phenoxy) is 1. The van der Waals surface area contributed by atoms with Crippen LogP contribution in [0.4, 0.5) is 4.79 Å². The smallest absolute Gasteiger partial charge is 0.410 e. The number of rotatable bonds is 3. The SMILES string of the molecule is CN(C(=O)OC(C)(C)C)[C@H](CO)C(=O)O. The highest BCUT2D eigenvalue weighted by Crippen LogP contribution is 2.10. The monoisotopic (exact) mass is 219 g/mol. The van der Waals surface area contributed by atoms with Crippen molar-refractivity contribution in [1.82, 2.24) is 4.90 Å². The Hall–Kier alpha value is -1.30. The first kappa shape index (κ1) is 13.7. The minimum absolute atomic E-state index is 0.648. The second kappa shape index (κ2) is 4.97. The maximum Gasteiger partial charge on any atom is 0.410 e. The maximum absolute atomic E-state index is 11.4. The summed E-state index contributed by atoms with van der Waals surface area (Å²) in [6, 6.07) is -1.28. The van der Waals surface area contributed by atoms with Gasteiger partial charge in [-0.15, -0.1) is 0 Å². The molecule has 0 aromatic rings. The molecule has 6 heteroatoms. The molecule has 1 amide bonds. The van der Waals surface area contributed by atoms with Gasteiger partial charge in [0.25, 0.3) is 0 Å². The molecule has 0 fully saturated rings. The van der Waals surface area contributed by atoms with Crippen LogP contribution < -0.4 is 0 Å². The topological polar surface area (TPSA) is 87.1 Å². The summed E-state index contributed by atoms with van der Waals surface area (Å²) in [7, 11) is 1.27. The zero-order valence-corrected chi connectivity index (χ0v) is 9.35. The van der Waals surface area contributed by atoms with E-state index in [1.807, 2.05) is 0 Å². The van der Waals surface area contributed by atoms with Gasteiger partial charge in [0, 0.05) is 7.05 Å². The third-order valence-corrected chi connectivity index (χ3v) is 1.61. The lowest BCUT2D eigenvalue weighted by Crippen LogP contribution is -2.46. The van der Waals surface area contributed by atoms with Crippen LogP contribution in [0, 0.1) is 0 Å². The highest BCUT2D eigenvalue weighted by Gasteiger charge is 2.29. The van der Waals surface area contributed by atoms with E-state index in [0.29, 0.717) is 0 Å². The first-order chi connectivity index (χ1) is 6.69. The van der Waals surface area contributed by atoms with E-state index in [2.05, 4.69) is 0 Å². The molecule has 0 aromatic carbocycles. The fourth-order valence-corrected chi connectivity index (χ4v) is 0.827. The molecule has 0 bridgehead atoms. The van der Waals surface area contributed by atoms with Crippen molar-refractivity contribution in [3.05, 3.63) is 0 Å². The van der Waals surface area contributed by atoms with Crippen LogP contribution in [0.2, 0.25) is 0 Å². The van der Waals surface area contributed by atoms with Crippen LogP contribution in [0.15, 0.2) is 0 Å². The Morgan fingerprint density at radius 1 is 1.40 bits per heavy atom. The summed E-state index contributed by atoms with van der Waals surface area (Å²) < 4.78 is 4.94. The summed E-state index contributed by atoms with van der Waals surface area (Å²) in [6.07, 6.45) is -0.774. The van der Waals surface area contributed by atoms with E-state index in [0.717, 1.165) is 4.90 Å². The number of aliphatic hydroxyl groups is 1. The fourth-order valence-electron chi connectivity index (χ4n) is 0.827. The van der Waals surface area contributed by atoms with E-state index in [4.69, 9.17) is 14.9 Å². The molecule has 0 aromatic heterocycles. The van der Waals surface area contributed by atoms with Gasteiger partial charge in [0.1, 0.15) is 5.60 Å². The van der Waals surface area contributed by atoms with E-state index in [1.54, 1.807) is 20.8 Å².